The maximum Gasteiger partial charge on any atom is 0.122 e. The van der Waals surface area contributed by atoms with Crippen molar-refractivity contribution in [1.82, 2.24) is 0 Å². The van der Waals surface area contributed by atoms with Gasteiger partial charge in [-0.1, -0.05) is 6.92 Å². The van der Waals surface area contributed by atoms with Gasteiger partial charge in [-0.15, -0.1) is 0 Å². The summed E-state index contributed by atoms with van der Waals surface area (Å²) in [5.41, 5.74) is 6.78. The quantitative estimate of drug-likeness (QED) is 0.824. The van der Waals surface area contributed by atoms with Crippen molar-refractivity contribution in [3.63, 3.8) is 0 Å². The summed E-state index contributed by atoms with van der Waals surface area (Å²) in [7, 11) is 4.90. The normalized spacial score (nSPS) is 14.2. The monoisotopic (exact) mass is 239 g/mol. The Morgan fingerprint density at radius 2 is 1.59 bits per heavy atom. The lowest BCUT2D eigenvalue weighted by Crippen LogP contribution is -2.40. The van der Waals surface area contributed by atoms with E-state index in [2.05, 4.69) is 0 Å². The second-order valence-corrected chi connectivity index (χ2v) is 4.04. The zero-order chi connectivity index (χ0) is 12.9. The largest absolute Gasteiger partial charge is 0.497 e. The summed E-state index contributed by atoms with van der Waals surface area (Å²) in [4.78, 5) is 0. The molecule has 0 aromatic heterocycles. The zero-order valence-electron chi connectivity index (χ0n) is 10.9. The average Bonchev–Trinajstić information content (AvgIpc) is 2.38. The van der Waals surface area contributed by atoms with Gasteiger partial charge in [0.25, 0.3) is 0 Å². The van der Waals surface area contributed by atoms with Crippen LogP contribution in [0.2, 0.25) is 0 Å². The van der Waals surface area contributed by atoms with E-state index in [0.717, 1.165) is 23.5 Å². The highest BCUT2D eigenvalue weighted by atomic mass is 16.5. The third-order valence-corrected chi connectivity index (χ3v) is 2.96. The lowest BCUT2D eigenvalue weighted by Gasteiger charge is -2.28. The molecule has 0 radical (unpaired) electrons. The molecule has 0 aliphatic rings. The van der Waals surface area contributed by atoms with E-state index in [1.165, 1.54) is 0 Å². The van der Waals surface area contributed by atoms with Gasteiger partial charge in [0, 0.05) is 13.2 Å². The van der Waals surface area contributed by atoms with Crippen LogP contribution in [-0.4, -0.2) is 27.9 Å². The van der Waals surface area contributed by atoms with Crippen molar-refractivity contribution in [1.29, 1.82) is 0 Å². The van der Waals surface area contributed by atoms with Crippen molar-refractivity contribution in [3.8, 4) is 11.5 Å². The molecule has 0 amide bonds. The molecule has 0 aliphatic heterocycles. The Bertz CT molecular complexity index is 345. The first-order chi connectivity index (χ1) is 8.09. The number of benzene rings is 1. The van der Waals surface area contributed by atoms with Gasteiger partial charge in [0.05, 0.1) is 26.4 Å². The molecule has 1 rings (SSSR count). The minimum absolute atomic E-state index is 0.458. The fourth-order valence-electron chi connectivity index (χ4n) is 1.74. The summed E-state index contributed by atoms with van der Waals surface area (Å²) >= 11 is 0. The third-order valence-electron chi connectivity index (χ3n) is 2.96. The molecule has 0 aliphatic carbocycles. The average molecular weight is 239 g/mol. The van der Waals surface area contributed by atoms with E-state index < -0.39 is 5.54 Å². The van der Waals surface area contributed by atoms with E-state index in [-0.39, 0.29) is 0 Å². The molecule has 96 valence electrons. The van der Waals surface area contributed by atoms with Crippen molar-refractivity contribution in [3.05, 3.63) is 23.8 Å². The summed E-state index contributed by atoms with van der Waals surface area (Å²) in [6, 6.07) is 5.67. The second kappa shape index (κ2) is 5.89. The summed E-state index contributed by atoms with van der Waals surface area (Å²) in [6.07, 6.45) is 0.775. The van der Waals surface area contributed by atoms with Crippen molar-refractivity contribution >= 4 is 0 Å². The Balaban J connectivity index is 3.18. The van der Waals surface area contributed by atoms with Crippen LogP contribution in [0.1, 0.15) is 18.9 Å². The molecule has 1 aromatic rings. The number of methoxy groups -OCH3 is 3. The molecule has 0 saturated heterocycles. The molecule has 1 atom stereocenters. The molecule has 2 N–H and O–H groups in total. The topological polar surface area (TPSA) is 53.7 Å². The van der Waals surface area contributed by atoms with Gasteiger partial charge in [0.1, 0.15) is 11.5 Å². The second-order valence-electron chi connectivity index (χ2n) is 4.04. The Kier molecular flexibility index (Phi) is 4.78. The number of hydrogen-bond acceptors (Lipinski definition) is 4. The van der Waals surface area contributed by atoms with Crippen molar-refractivity contribution in [2.24, 2.45) is 5.73 Å². The zero-order valence-corrected chi connectivity index (χ0v) is 10.9. The number of rotatable bonds is 6. The van der Waals surface area contributed by atoms with Crippen molar-refractivity contribution in [2.75, 3.05) is 27.9 Å². The first-order valence-corrected chi connectivity index (χ1v) is 5.61. The predicted octanol–water partition coefficient (Wildman–Crippen LogP) is 1.91. The number of hydrogen-bond donors (Lipinski definition) is 1. The Morgan fingerprint density at radius 1 is 1.06 bits per heavy atom. The van der Waals surface area contributed by atoms with E-state index in [0.29, 0.717) is 6.61 Å². The van der Waals surface area contributed by atoms with Crippen LogP contribution in [0, 0.1) is 0 Å². The van der Waals surface area contributed by atoms with Gasteiger partial charge in [0.2, 0.25) is 0 Å². The first-order valence-electron chi connectivity index (χ1n) is 5.61. The molecule has 1 unspecified atom stereocenters. The molecular formula is C13H21NO3. The summed E-state index contributed by atoms with van der Waals surface area (Å²) in [5.74, 6) is 1.47. The molecule has 0 bridgehead atoms. The Labute approximate surface area is 103 Å². The lowest BCUT2D eigenvalue weighted by molar-refractivity contribution is 0.129. The molecule has 0 saturated carbocycles. The van der Waals surface area contributed by atoms with Gasteiger partial charge in [0.15, 0.2) is 0 Å². The predicted molar refractivity (Wildman–Crippen MR) is 67.6 cm³/mol. The van der Waals surface area contributed by atoms with Crippen LogP contribution in [0.4, 0.5) is 0 Å². The van der Waals surface area contributed by atoms with Crippen LogP contribution in [0.15, 0.2) is 18.2 Å². The molecular weight excluding hydrogens is 218 g/mol. The molecule has 17 heavy (non-hydrogen) atoms. The molecule has 4 nitrogen and oxygen atoms in total. The van der Waals surface area contributed by atoms with Gasteiger partial charge < -0.3 is 19.9 Å². The number of nitrogens with two attached hydrogens (primary N) is 1. The van der Waals surface area contributed by atoms with E-state index in [1.54, 1.807) is 21.3 Å². The van der Waals surface area contributed by atoms with Crippen LogP contribution >= 0.6 is 0 Å². The summed E-state index contributed by atoms with van der Waals surface area (Å²) in [5, 5.41) is 0. The minimum Gasteiger partial charge on any atom is -0.497 e. The van der Waals surface area contributed by atoms with Crippen LogP contribution in [0.5, 0.6) is 11.5 Å². The minimum atomic E-state index is -0.517. The summed E-state index contributed by atoms with van der Waals surface area (Å²) < 4.78 is 15.7. The Hall–Kier alpha value is -1.26. The maximum atomic E-state index is 6.34. The fraction of sp³-hybridized carbons (Fsp3) is 0.538. The van der Waals surface area contributed by atoms with Crippen LogP contribution in [0.3, 0.4) is 0 Å². The molecule has 1 aromatic carbocycles. The first kappa shape index (κ1) is 13.8. The highest BCUT2D eigenvalue weighted by molar-refractivity contribution is 5.41. The van der Waals surface area contributed by atoms with Crippen LogP contribution in [-0.2, 0) is 10.3 Å². The maximum absolute atomic E-state index is 6.34. The molecule has 0 fully saturated rings. The third kappa shape index (κ3) is 3.11. The SMILES string of the molecule is CCC(N)(COC)c1cc(OC)cc(OC)c1. The molecule has 0 spiro atoms. The van der Waals surface area contributed by atoms with Gasteiger partial charge in [-0.05, 0) is 24.1 Å². The molecule has 0 heterocycles. The smallest absolute Gasteiger partial charge is 0.122 e. The lowest BCUT2D eigenvalue weighted by atomic mass is 9.89. The van der Waals surface area contributed by atoms with Gasteiger partial charge in [-0.3, -0.25) is 0 Å². The van der Waals surface area contributed by atoms with Gasteiger partial charge in [-0.2, -0.15) is 0 Å². The standard InChI is InChI=1S/C13H21NO3/c1-5-13(14,9-15-2)10-6-11(16-3)8-12(7-10)17-4/h6-8H,5,9,14H2,1-4H3. The van der Waals surface area contributed by atoms with Gasteiger partial charge in [-0.25, -0.2) is 0 Å². The van der Waals surface area contributed by atoms with E-state index >= 15 is 0 Å². The van der Waals surface area contributed by atoms with E-state index in [4.69, 9.17) is 19.9 Å². The van der Waals surface area contributed by atoms with Crippen molar-refractivity contribution in [2.45, 2.75) is 18.9 Å². The van der Waals surface area contributed by atoms with E-state index in [9.17, 15) is 0 Å². The van der Waals surface area contributed by atoms with Gasteiger partial charge >= 0.3 is 0 Å². The van der Waals surface area contributed by atoms with E-state index in [1.807, 2.05) is 25.1 Å². The Morgan fingerprint density at radius 3 is 1.94 bits per heavy atom. The van der Waals surface area contributed by atoms with Crippen molar-refractivity contribution < 1.29 is 14.2 Å². The fourth-order valence-corrected chi connectivity index (χ4v) is 1.74. The number of ether oxygens (including phenoxy) is 3. The van der Waals surface area contributed by atoms with Crippen LogP contribution in [0.25, 0.3) is 0 Å². The summed E-state index contributed by atoms with van der Waals surface area (Å²) in [6.45, 7) is 2.49. The molecule has 4 heteroatoms. The highest BCUT2D eigenvalue weighted by Crippen LogP contribution is 2.30. The highest BCUT2D eigenvalue weighted by Gasteiger charge is 2.26. The van der Waals surface area contributed by atoms with Crippen LogP contribution < -0.4 is 15.2 Å².